The molecular weight excluding hydrogens is 412 g/mol. The molecule has 1 unspecified atom stereocenters. The molecule has 0 radical (unpaired) electrons. The molecule has 2 N–H and O–H groups in total. The Morgan fingerprint density at radius 3 is 2.50 bits per heavy atom. The average molecular weight is 443 g/mol. The molecule has 1 aliphatic carbocycles. The normalized spacial score (nSPS) is 16.4. The van der Waals surface area contributed by atoms with E-state index in [0.29, 0.717) is 12.5 Å². The predicted octanol–water partition coefficient (Wildman–Crippen LogP) is 6.93. The van der Waals surface area contributed by atoms with E-state index in [0.717, 1.165) is 40.7 Å². The Morgan fingerprint density at radius 1 is 1.18 bits per heavy atom. The summed E-state index contributed by atoms with van der Waals surface area (Å²) in [6, 6.07) is 10.9. The van der Waals surface area contributed by atoms with Crippen molar-refractivity contribution in [2.75, 3.05) is 10.6 Å². The van der Waals surface area contributed by atoms with Gasteiger partial charge in [0.2, 0.25) is 5.91 Å². The molecule has 150 valence electrons. The van der Waals surface area contributed by atoms with Crippen LogP contribution >= 0.6 is 15.9 Å². The first-order valence-electron chi connectivity index (χ1n) is 10.1. The van der Waals surface area contributed by atoms with Crippen LogP contribution in [0.1, 0.15) is 68.3 Å². The fraction of sp³-hybridized carbons (Fsp3) is 0.458. The van der Waals surface area contributed by atoms with Crippen LogP contribution in [0, 0.1) is 19.3 Å². The van der Waals surface area contributed by atoms with Gasteiger partial charge in [0.15, 0.2) is 0 Å². The second kappa shape index (κ2) is 8.28. The first-order chi connectivity index (χ1) is 13.1. The van der Waals surface area contributed by atoms with E-state index in [1.165, 1.54) is 16.7 Å². The van der Waals surface area contributed by atoms with Gasteiger partial charge in [-0.2, -0.15) is 0 Å². The Labute approximate surface area is 177 Å². The number of carbonyl (C=O) groups is 1. The van der Waals surface area contributed by atoms with Gasteiger partial charge in [-0.3, -0.25) is 4.79 Å². The number of anilines is 2. The van der Waals surface area contributed by atoms with Crippen molar-refractivity contribution in [1.29, 1.82) is 0 Å². The van der Waals surface area contributed by atoms with Crippen LogP contribution in [-0.4, -0.2) is 5.91 Å². The summed E-state index contributed by atoms with van der Waals surface area (Å²) in [6.45, 7) is 10.5. The number of benzene rings is 2. The minimum atomic E-state index is -0.0141. The van der Waals surface area contributed by atoms with Gasteiger partial charge >= 0.3 is 0 Å². The monoisotopic (exact) mass is 442 g/mol. The van der Waals surface area contributed by atoms with Gasteiger partial charge in [-0.25, -0.2) is 0 Å². The minimum Gasteiger partial charge on any atom is -0.378 e. The Morgan fingerprint density at radius 2 is 1.86 bits per heavy atom. The van der Waals surface area contributed by atoms with Crippen molar-refractivity contribution < 1.29 is 4.79 Å². The van der Waals surface area contributed by atoms with Crippen LogP contribution in [0.2, 0.25) is 0 Å². The van der Waals surface area contributed by atoms with Gasteiger partial charge in [0.05, 0.1) is 6.04 Å². The summed E-state index contributed by atoms with van der Waals surface area (Å²) in [5.74, 6) is 0.0963. The number of amides is 1. The highest BCUT2D eigenvalue weighted by Crippen LogP contribution is 2.38. The first kappa shape index (κ1) is 20.9. The largest absolute Gasteiger partial charge is 0.378 e. The van der Waals surface area contributed by atoms with Crippen LogP contribution in [-0.2, 0) is 11.2 Å². The molecule has 0 aromatic heterocycles. The number of rotatable bonds is 4. The van der Waals surface area contributed by atoms with E-state index in [9.17, 15) is 4.79 Å². The molecular formula is C24H31BrN2O. The van der Waals surface area contributed by atoms with Crippen LogP contribution < -0.4 is 10.6 Å². The number of nitrogens with one attached hydrogen (secondary N) is 2. The zero-order valence-corrected chi connectivity index (χ0v) is 19.2. The molecule has 0 fully saturated rings. The highest BCUT2D eigenvalue weighted by Gasteiger charge is 2.25. The van der Waals surface area contributed by atoms with Crippen LogP contribution in [0.3, 0.4) is 0 Å². The molecule has 1 atom stereocenters. The maximum Gasteiger partial charge on any atom is 0.224 e. The quantitative estimate of drug-likeness (QED) is 0.538. The van der Waals surface area contributed by atoms with Gasteiger partial charge in [0.1, 0.15) is 0 Å². The maximum absolute atomic E-state index is 12.5. The Kier molecular flexibility index (Phi) is 6.18. The minimum absolute atomic E-state index is 0.0141. The van der Waals surface area contributed by atoms with Crippen LogP contribution in [0.25, 0.3) is 0 Å². The van der Waals surface area contributed by atoms with Crippen LogP contribution in [0.15, 0.2) is 34.8 Å². The zero-order valence-electron chi connectivity index (χ0n) is 17.6. The standard InChI is InChI=1S/C24H31BrN2O/c1-15-13-20-19(16(2)23(15)27-22(28)14-24(3,4)5)7-6-8-21(20)26-18-11-9-17(25)10-12-18/h9-13,21,26H,6-8,14H2,1-5H3,(H,27,28). The topological polar surface area (TPSA) is 41.1 Å². The van der Waals surface area contributed by atoms with E-state index < -0.39 is 0 Å². The van der Waals surface area contributed by atoms with Crippen molar-refractivity contribution in [2.45, 2.75) is 66.3 Å². The summed E-state index contributed by atoms with van der Waals surface area (Å²) in [5.41, 5.74) is 7.24. The maximum atomic E-state index is 12.5. The summed E-state index contributed by atoms with van der Waals surface area (Å²) >= 11 is 3.50. The number of fused-ring (bicyclic) bond motifs is 1. The van der Waals surface area contributed by atoms with Gasteiger partial charge in [-0.15, -0.1) is 0 Å². The van der Waals surface area contributed by atoms with Crippen molar-refractivity contribution in [3.8, 4) is 0 Å². The zero-order chi connectivity index (χ0) is 20.5. The second-order valence-electron chi connectivity index (χ2n) is 9.14. The Balaban J connectivity index is 1.87. The fourth-order valence-electron chi connectivity index (χ4n) is 4.09. The summed E-state index contributed by atoms with van der Waals surface area (Å²) in [4.78, 5) is 12.5. The van der Waals surface area contributed by atoms with Crippen molar-refractivity contribution in [3.05, 3.63) is 57.1 Å². The van der Waals surface area contributed by atoms with Gasteiger partial charge in [-0.05, 0) is 85.0 Å². The number of halogens is 1. The lowest BCUT2D eigenvalue weighted by molar-refractivity contribution is -0.117. The third kappa shape index (κ3) is 4.96. The predicted molar refractivity (Wildman–Crippen MR) is 122 cm³/mol. The van der Waals surface area contributed by atoms with Gasteiger partial charge in [0, 0.05) is 22.3 Å². The number of aryl methyl sites for hydroxylation is 1. The van der Waals surface area contributed by atoms with E-state index in [1.54, 1.807) is 0 Å². The molecule has 0 saturated heterocycles. The number of hydrogen-bond donors (Lipinski definition) is 2. The van der Waals surface area contributed by atoms with Gasteiger partial charge in [0.25, 0.3) is 0 Å². The Hall–Kier alpha value is -1.81. The molecule has 2 aromatic carbocycles. The SMILES string of the molecule is Cc1cc2c(c(C)c1NC(=O)CC(C)(C)C)CCCC2Nc1ccc(Br)cc1. The molecule has 0 spiro atoms. The van der Waals surface area contributed by atoms with Crippen molar-refractivity contribution in [3.63, 3.8) is 0 Å². The third-order valence-electron chi connectivity index (χ3n) is 5.38. The molecule has 0 aliphatic heterocycles. The lowest BCUT2D eigenvalue weighted by Gasteiger charge is -2.30. The average Bonchev–Trinajstić information content (AvgIpc) is 2.60. The molecule has 3 nitrogen and oxygen atoms in total. The molecule has 0 saturated carbocycles. The summed E-state index contributed by atoms with van der Waals surface area (Å²) < 4.78 is 1.09. The van der Waals surface area contributed by atoms with Crippen molar-refractivity contribution >= 4 is 33.2 Å². The Bertz CT molecular complexity index is 866. The summed E-state index contributed by atoms with van der Waals surface area (Å²) in [7, 11) is 0. The van der Waals surface area contributed by atoms with E-state index >= 15 is 0 Å². The van der Waals surface area contributed by atoms with E-state index in [1.807, 2.05) is 0 Å². The lowest BCUT2D eigenvalue weighted by Crippen LogP contribution is -2.23. The van der Waals surface area contributed by atoms with E-state index in [2.05, 4.69) is 91.5 Å². The highest BCUT2D eigenvalue weighted by atomic mass is 79.9. The van der Waals surface area contributed by atoms with Crippen LogP contribution in [0.4, 0.5) is 11.4 Å². The molecule has 0 bridgehead atoms. The number of carbonyl (C=O) groups excluding carboxylic acids is 1. The van der Waals surface area contributed by atoms with Crippen LogP contribution in [0.5, 0.6) is 0 Å². The molecule has 4 heteroatoms. The fourth-order valence-corrected chi connectivity index (χ4v) is 4.36. The molecule has 1 aliphatic rings. The smallest absolute Gasteiger partial charge is 0.224 e. The summed E-state index contributed by atoms with van der Waals surface area (Å²) in [6.07, 6.45) is 3.87. The van der Waals surface area contributed by atoms with Crippen molar-refractivity contribution in [1.82, 2.24) is 0 Å². The lowest BCUT2D eigenvalue weighted by atomic mass is 9.83. The van der Waals surface area contributed by atoms with Crippen molar-refractivity contribution in [2.24, 2.45) is 5.41 Å². The molecule has 2 aromatic rings. The van der Waals surface area contributed by atoms with E-state index in [-0.39, 0.29) is 11.3 Å². The first-order valence-corrected chi connectivity index (χ1v) is 10.9. The highest BCUT2D eigenvalue weighted by molar-refractivity contribution is 9.10. The number of hydrogen-bond acceptors (Lipinski definition) is 2. The van der Waals surface area contributed by atoms with E-state index in [4.69, 9.17) is 0 Å². The second-order valence-corrected chi connectivity index (χ2v) is 10.1. The summed E-state index contributed by atoms with van der Waals surface area (Å²) in [5, 5.41) is 6.89. The molecule has 28 heavy (non-hydrogen) atoms. The van der Waals surface area contributed by atoms with Gasteiger partial charge in [-0.1, -0.05) is 42.8 Å². The molecule has 0 heterocycles. The third-order valence-corrected chi connectivity index (χ3v) is 5.91. The van der Waals surface area contributed by atoms with Gasteiger partial charge < -0.3 is 10.6 Å². The molecule has 3 rings (SSSR count). The molecule has 1 amide bonds.